The predicted octanol–water partition coefficient (Wildman–Crippen LogP) is 5.32. The van der Waals surface area contributed by atoms with Gasteiger partial charge in [0, 0.05) is 16.8 Å². The molecule has 0 unspecified atom stereocenters. The average Bonchev–Trinajstić information content (AvgIpc) is 2.97. The predicted molar refractivity (Wildman–Crippen MR) is 112 cm³/mol. The van der Waals surface area contributed by atoms with Crippen molar-refractivity contribution in [3.05, 3.63) is 100 Å². The number of hydrogen-bond donors (Lipinski definition) is 1. The van der Waals surface area contributed by atoms with Gasteiger partial charge < -0.3 is 5.32 Å². The molecule has 0 bridgehead atoms. The van der Waals surface area contributed by atoms with Gasteiger partial charge in [-0.3, -0.25) is 9.59 Å². The summed E-state index contributed by atoms with van der Waals surface area (Å²) in [6, 6.07) is 16.7. The SMILES string of the molecule is Cc1ccc(NC2=C(c3ccccc3)C(=O)N(c3ccc(F)c(F)c3)C2=O)cc1Cl. The molecule has 0 aromatic heterocycles. The lowest BCUT2D eigenvalue weighted by Crippen LogP contribution is -2.32. The molecular formula is C23H15ClF2N2O2. The van der Waals surface area contributed by atoms with Gasteiger partial charge in [0.2, 0.25) is 0 Å². The number of amides is 2. The molecule has 0 radical (unpaired) electrons. The summed E-state index contributed by atoms with van der Waals surface area (Å²) in [7, 11) is 0. The minimum Gasteiger partial charge on any atom is -0.350 e. The fourth-order valence-corrected chi connectivity index (χ4v) is 3.37. The zero-order valence-electron chi connectivity index (χ0n) is 15.7. The van der Waals surface area contributed by atoms with E-state index >= 15 is 0 Å². The van der Waals surface area contributed by atoms with E-state index in [-0.39, 0.29) is 17.0 Å². The first-order valence-corrected chi connectivity index (χ1v) is 9.41. The number of nitrogens with zero attached hydrogens (tertiary/aromatic N) is 1. The quantitative estimate of drug-likeness (QED) is 0.576. The second-order valence-electron chi connectivity index (χ2n) is 6.75. The summed E-state index contributed by atoms with van der Waals surface area (Å²) in [5, 5.41) is 3.48. The van der Waals surface area contributed by atoms with E-state index in [4.69, 9.17) is 11.6 Å². The van der Waals surface area contributed by atoms with Gasteiger partial charge >= 0.3 is 0 Å². The van der Waals surface area contributed by atoms with E-state index in [0.29, 0.717) is 16.3 Å². The first kappa shape index (κ1) is 19.8. The molecule has 30 heavy (non-hydrogen) atoms. The van der Waals surface area contributed by atoms with Crippen LogP contribution in [0.3, 0.4) is 0 Å². The van der Waals surface area contributed by atoms with Crippen molar-refractivity contribution in [1.29, 1.82) is 0 Å². The lowest BCUT2D eigenvalue weighted by atomic mass is 10.0. The van der Waals surface area contributed by atoms with Crippen LogP contribution >= 0.6 is 11.6 Å². The normalized spacial score (nSPS) is 13.9. The molecule has 3 aromatic carbocycles. The van der Waals surface area contributed by atoms with E-state index in [9.17, 15) is 18.4 Å². The third-order valence-electron chi connectivity index (χ3n) is 4.75. The van der Waals surface area contributed by atoms with Gasteiger partial charge in [-0.05, 0) is 42.3 Å². The van der Waals surface area contributed by atoms with E-state index in [2.05, 4.69) is 5.32 Å². The van der Waals surface area contributed by atoms with Gasteiger partial charge in [0.15, 0.2) is 11.6 Å². The zero-order valence-corrected chi connectivity index (χ0v) is 16.5. The highest BCUT2D eigenvalue weighted by Crippen LogP contribution is 2.34. The number of carbonyl (C=O) groups is 2. The molecule has 7 heteroatoms. The van der Waals surface area contributed by atoms with Gasteiger partial charge in [-0.1, -0.05) is 48.0 Å². The Morgan fingerprint density at radius 2 is 1.60 bits per heavy atom. The van der Waals surface area contributed by atoms with Crippen LogP contribution in [0.2, 0.25) is 5.02 Å². The van der Waals surface area contributed by atoms with Crippen molar-refractivity contribution in [3.8, 4) is 0 Å². The molecule has 0 aliphatic carbocycles. The molecular weight excluding hydrogens is 410 g/mol. The second-order valence-corrected chi connectivity index (χ2v) is 7.16. The van der Waals surface area contributed by atoms with Crippen molar-refractivity contribution in [2.45, 2.75) is 6.92 Å². The smallest absolute Gasteiger partial charge is 0.282 e. The summed E-state index contributed by atoms with van der Waals surface area (Å²) in [6.45, 7) is 1.84. The van der Waals surface area contributed by atoms with Gasteiger partial charge in [0.05, 0.1) is 11.3 Å². The lowest BCUT2D eigenvalue weighted by Gasteiger charge is -2.15. The molecule has 1 aliphatic rings. The Labute approximate surface area is 176 Å². The number of aryl methyl sites for hydroxylation is 1. The van der Waals surface area contributed by atoms with E-state index in [1.807, 2.05) is 6.92 Å². The maximum absolute atomic E-state index is 13.8. The van der Waals surface area contributed by atoms with Crippen LogP contribution in [0.4, 0.5) is 20.2 Å². The molecule has 1 heterocycles. The Hall–Kier alpha value is -3.51. The molecule has 0 saturated heterocycles. The van der Waals surface area contributed by atoms with Crippen molar-refractivity contribution in [2.24, 2.45) is 0 Å². The van der Waals surface area contributed by atoms with Crippen LogP contribution in [0.15, 0.2) is 72.4 Å². The van der Waals surface area contributed by atoms with E-state index in [0.717, 1.165) is 22.6 Å². The topological polar surface area (TPSA) is 49.4 Å². The van der Waals surface area contributed by atoms with Gasteiger partial charge in [0.25, 0.3) is 11.8 Å². The summed E-state index contributed by atoms with van der Waals surface area (Å²) in [6.07, 6.45) is 0. The largest absolute Gasteiger partial charge is 0.350 e. The Balaban J connectivity index is 1.82. The highest BCUT2D eigenvalue weighted by Gasteiger charge is 2.40. The summed E-state index contributed by atoms with van der Waals surface area (Å²) < 4.78 is 27.1. The fraction of sp³-hybridized carbons (Fsp3) is 0.0435. The minimum absolute atomic E-state index is 0.0239. The van der Waals surface area contributed by atoms with Crippen LogP contribution < -0.4 is 10.2 Å². The van der Waals surface area contributed by atoms with Crippen LogP contribution in [0.5, 0.6) is 0 Å². The van der Waals surface area contributed by atoms with Crippen LogP contribution in [0, 0.1) is 18.6 Å². The van der Waals surface area contributed by atoms with Crippen molar-refractivity contribution in [3.63, 3.8) is 0 Å². The number of nitrogens with one attached hydrogen (secondary N) is 1. The molecule has 0 fully saturated rings. The highest BCUT2D eigenvalue weighted by atomic mass is 35.5. The number of anilines is 2. The van der Waals surface area contributed by atoms with Crippen LogP contribution in [0.25, 0.3) is 5.57 Å². The van der Waals surface area contributed by atoms with E-state index < -0.39 is 23.4 Å². The average molecular weight is 425 g/mol. The molecule has 1 aliphatic heterocycles. The first-order valence-electron chi connectivity index (χ1n) is 9.03. The number of imide groups is 1. The molecule has 150 valence electrons. The van der Waals surface area contributed by atoms with Crippen molar-refractivity contribution in [1.82, 2.24) is 0 Å². The van der Waals surface area contributed by atoms with Crippen LogP contribution in [0.1, 0.15) is 11.1 Å². The summed E-state index contributed by atoms with van der Waals surface area (Å²) in [5.74, 6) is -3.54. The maximum Gasteiger partial charge on any atom is 0.282 e. The number of carbonyl (C=O) groups excluding carboxylic acids is 2. The number of benzene rings is 3. The lowest BCUT2D eigenvalue weighted by molar-refractivity contribution is -0.120. The molecule has 1 N–H and O–H groups in total. The summed E-state index contributed by atoms with van der Waals surface area (Å²) in [4.78, 5) is 27.2. The Bertz CT molecular complexity index is 1210. The molecule has 0 spiro atoms. The minimum atomic E-state index is -1.15. The fourth-order valence-electron chi connectivity index (χ4n) is 3.19. The maximum atomic E-state index is 13.8. The molecule has 0 saturated carbocycles. The third kappa shape index (κ3) is 3.46. The number of rotatable bonds is 4. The number of hydrogen-bond acceptors (Lipinski definition) is 3. The Morgan fingerprint density at radius 3 is 2.27 bits per heavy atom. The van der Waals surface area contributed by atoms with Crippen molar-refractivity contribution in [2.75, 3.05) is 10.2 Å². The highest BCUT2D eigenvalue weighted by molar-refractivity contribution is 6.46. The first-order chi connectivity index (χ1) is 14.4. The molecule has 4 rings (SSSR count). The number of halogens is 3. The van der Waals surface area contributed by atoms with Crippen molar-refractivity contribution < 1.29 is 18.4 Å². The zero-order chi connectivity index (χ0) is 21.4. The second kappa shape index (κ2) is 7.72. The van der Waals surface area contributed by atoms with E-state index in [1.54, 1.807) is 48.5 Å². The van der Waals surface area contributed by atoms with Crippen LogP contribution in [-0.2, 0) is 9.59 Å². The van der Waals surface area contributed by atoms with E-state index in [1.165, 1.54) is 6.07 Å². The molecule has 4 nitrogen and oxygen atoms in total. The Kier molecular flexibility index (Phi) is 5.10. The van der Waals surface area contributed by atoms with Gasteiger partial charge in [-0.2, -0.15) is 0 Å². The third-order valence-corrected chi connectivity index (χ3v) is 5.16. The molecule has 3 aromatic rings. The molecule has 2 amide bonds. The van der Waals surface area contributed by atoms with Gasteiger partial charge in [-0.25, -0.2) is 13.7 Å². The van der Waals surface area contributed by atoms with Gasteiger partial charge in [0.1, 0.15) is 5.70 Å². The van der Waals surface area contributed by atoms with Crippen LogP contribution in [-0.4, -0.2) is 11.8 Å². The summed E-state index contributed by atoms with van der Waals surface area (Å²) >= 11 is 6.18. The molecule has 0 atom stereocenters. The monoisotopic (exact) mass is 424 g/mol. The summed E-state index contributed by atoms with van der Waals surface area (Å²) in [5.41, 5.74) is 1.98. The van der Waals surface area contributed by atoms with Gasteiger partial charge in [-0.15, -0.1) is 0 Å². The standard InChI is InChI=1S/C23H15ClF2N2O2/c1-13-7-8-15(11-17(13)24)27-21-20(14-5-3-2-4-6-14)22(29)28(23(21)30)16-9-10-18(25)19(26)12-16/h2-12,27H,1H3. The van der Waals surface area contributed by atoms with Crippen molar-refractivity contribution >= 4 is 40.4 Å². The Morgan fingerprint density at radius 1 is 0.867 bits per heavy atom.